The van der Waals surface area contributed by atoms with Gasteiger partial charge in [0.1, 0.15) is 6.04 Å². The zero-order valence-electron chi connectivity index (χ0n) is 10.3. The van der Waals surface area contributed by atoms with Gasteiger partial charge in [-0.3, -0.25) is 4.99 Å². The van der Waals surface area contributed by atoms with E-state index in [1.165, 1.54) is 0 Å². The van der Waals surface area contributed by atoms with E-state index in [9.17, 15) is 0 Å². The molecule has 0 heterocycles. The molecule has 94 valence electrons. The lowest BCUT2D eigenvalue weighted by molar-refractivity contribution is 0.869. The molecular formula is C15H17ClN2. The molecule has 2 nitrogen and oxygen atoms in total. The fraction of sp³-hybridized carbons (Fsp3) is 0.133. The van der Waals surface area contributed by atoms with Gasteiger partial charge in [0.25, 0.3) is 0 Å². The SMILES string of the molecule is CC(N)=NC(c1ccccc1)c1ccccc1.Cl. The van der Waals surface area contributed by atoms with E-state index in [1.807, 2.05) is 43.3 Å². The zero-order chi connectivity index (χ0) is 12.1. The normalized spacial score (nSPS) is 11.1. The molecule has 0 amide bonds. The molecule has 18 heavy (non-hydrogen) atoms. The molecule has 0 unspecified atom stereocenters. The Labute approximate surface area is 114 Å². The Bertz CT molecular complexity index is 451. The molecular weight excluding hydrogens is 244 g/mol. The summed E-state index contributed by atoms with van der Waals surface area (Å²) >= 11 is 0. The summed E-state index contributed by atoms with van der Waals surface area (Å²) in [6.45, 7) is 1.82. The average molecular weight is 261 g/mol. The molecule has 0 saturated carbocycles. The second-order valence-electron chi connectivity index (χ2n) is 3.99. The van der Waals surface area contributed by atoms with E-state index in [-0.39, 0.29) is 18.4 Å². The number of benzene rings is 2. The monoisotopic (exact) mass is 260 g/mol. The molecule has 0 radical (unpaired) electrons. The summed E-state index contributed by atoms with van der Waals surface area (Å²) in [5.41, 5.74) is 8.03. The predicted molar refractivity (Wildman–Crippen MR) is 79.3 cm³/mol. The van der Waals surface area contributed by atoms with Crippen LogP contribution < -0.4 is 5.73 Å². The molecule has 0 fully saturated rings. The molecule has 0 aliphatic carbocycles. The molecule has 2 aromatic carbocycles. The third-order valence-corrected chi connectivity index (χ3v) is 2.56. The van der Waals surface area contributed by atoms with E-state index in [1.54, 1.807) is 0 Å². The molecule has 2 aromatic rings. The standard InChI is InChI=1S/C15H16N2.ClH/c1-12(16)17-15(13-8-4-2-5-9-13)14-10-6-3-7-11-14;/h2-11,15H,1H3,(H2,16,17);1H. The van der Waals surface area contributed by atoms with Crippen molar-refractivity contribution in [1.29, 1.82) is 0 Å². The highest BCUT2D eigenvalue weighted by molar-refractivity contribution is 5.85. The summed E-state index contributed by atoms with van der Waals surface area (Å²) < 4.78 is 0. The number of aliphatic imine (C=N–C) groups is 1. The Hall–Kier alpha value is -1.80. The van der Waals surface area contributed by atoms with Crippen molar-refractivity contribution in [2.24, 2.45) is 10.7 Å². The van der Waals surface area contributed by atoms with E-state index in [0.717, 1.165) is 11.1 Å². The number of rotatable bonds is 3. The number of amidine groups is 1. The minimum absolute atomic E-state index is 0. The summed E-state index contributed by atoms with van der Waals surface area (Å²) in [7, 11) is 0. The van der Waals surface area contributed by atoms with Crippen LogP contribution in [0.2, 0.25) is 0 Å². The van der Waals surface area contributed by atoms with Gasteiger partial charge in [0.2, 0.25) is 0 Å². The van der Waals surface area contributed by atoms with Gasteiger partial charge in [-0.05, 0) is 18.1 Å². The van der Waals surface area contributed by atoms with Gasteiger partial charge in [-0.1, -0.05) is 60.7 Å². The van der Waals surface area contributed by atoms with Crippen LogP contribution in [0, 0.1) is 0 Å². The van der Waals surface area contributed by atoms with Crippen LogP contribution in [0.15, 0.2) is 65.7 Å². The first-order chi connectivity index (χ1) is 8.27. The van der Waals surface area contributed by atoms with E-state index in [2.05, 4.69) is 29.3 Å². The van der Waals surface area contributed by atoms with Crippen LogP contribution in [0.4, 0.5) is 0 Å². The summed E-state index contributed by atoms with van der Waals surface area (Å²) in [4.78, 5) is 4.51. The van der Waals surface area contributed by atoms with Crippen molar-refractivity contribution >= 4 is 18.2 Å². The highest BCUT2D eigenvalue weighted by Crippen LogP contribution is 2.25. The van der Waals surface area contributed by atoms with Crippen molar-refractivity contribution in [3.05, 3.63) is 71.8 Å². The van der Waals surface area contributed by atoms with Crippen LogP contribution in [0.25, 0.3) is 0 Å². The van der Waals surface area contributed by atoms with Crippen molar-refractivity contribution in [3.8, 4) is 0 Å². The van der Waals surface area contributed by atoms with Gasteiger partial charge in [-0.25, -0.2) is 0 Å². The topological polar surface area (TPSA) is 38.4 Å². The number of nitrogens with two attached hydrogens (primary N) is 1. The van der Waals surface area contributed by atoms with Crippen LogP contribution in [0.5, 0.6) is 0 Å². The minimum atomic E-state index is -0.0117. The van der Waals surface area contributed by atoms with E-state index in [4.69, 9.17) is 5.73 Å². The Morgan fingerprint density at radius 1 is 0.889 bits per heavy atom. The maximum absolute atomic E-state index is 5.72. The van der Waals surface area contributed by atoms with E-state index in [0.29, 0.717) is 5.84 Å². The first-order valence-electron chi connectivity index (χ1n) is 5.67. The molecule has 3 heteroatoms. The van der Waals surface area contributed by atoms with E-state index < -0.39 is 0 Å². The maximum atomic E-state index is 5.72. The smallest absolute Gasteiger partial charge is 0.102 e. The molecule has 2 N–H and O–H groups in total. The van der Waals surface area contributed by atoms with Gasteiger partial charge in [0.15, 0.2) is 0 Å². The molecule has 0 atom stereocenters. The second kappa shape index (κ2) is 6.82. The fourth-order valence-corrected chi connectivity index (χ4v) is 1.82. The van der Waals surface area contributed by atoms with Gasteiger partial charge in [0, 0.05) is 0 Å². The van der Waals surface area contributed by atoms with E-state index >= 15 is 0 Å². The van der Waals surface area contributed by atoms with Gasteiger partial charge in [-0.2, -0.15) is 0 Å². The fourth-order valence-electron chi connectivity index (χ4n) is 1.82. The minimum Gasteiger partial charge on any atom is -0.388 e. The van der Waals surface area contributed by atoms with Crippen molar-refractivity contribution < 1.29 is 0 Å². The number of halogens is 1. The lowest BCUT2D eigenvalue weighted by Crippen LogP contribution is -2.09. The molecule has 0 saturated heterocycles. The molecule has 0 spiro atoms. The zero-order valence-corrected chi connectivity index (χ0v) is 11.1. The Morgan fingerprint density at radius 2 is 1.28 bits per heavy atom. The quantitative estimate of drug-likeness (QED) is 0.665. The molecule has 2 rings (SSSR count). The highest BCUT2D eigenvalue weighted by Gasteiger charge is 2.11. The lowest BCUT2D eigenvalue weighted by Gasteiger charge is -2.13. The molecule has 0 aromatic heterocycles. The average Bonchev–Trinajstić information content (AvgIpc) is 2.38. The second-order valence-corrected chi connectivity index (χ2v) is 3.99. The summed E-state index contributed by atoms with van der Waals surface area (Å²) in [5.74, 6) is 0.600. The van der Waals surface area contributed by atoms with Crippen molar-refractivity contribution in [2.45, 2.75) is 13.0 Å². The Morgan fingerprint density at radius 3 is 1.61 bits per heavy atom. The summed E-state index contributed by atoms with van der Waals surface area (Å²) in [6, 6.07) is 20.4. The number of nitrogens with zero attached hydrogens (tertiary/aromatic N) is 1. The molecule has 0 bridgehead atoms. The Balaban J connectivity index is 0.00000162. The maximum Gasteiger partial charge on any atom is 0.102 e. The summed E-state index contributed by atoms with van der Waals surface area (Å²) in [5, 5.41) is 0. The van der Waals surface area contributed by atoms with Crippen LogP contribution >= 0.6 is 12.4 Å². The largest absolute Gasteiger partial charge is 0.388 e. The van der Waals surface area contributed by atoms with Crippen molar-refractivity contribution in [3.63, 3.8) is 0 Å². The van der Waals surface area contributed by atoms with Crippen LogP contribution in [-0.2, 0) is 0 Å². The van der Waals surface area contributed by atoms with Gasteiger partial charge in [-0.15, -0.1) is 12.4 Å². The highest BCUT2D eigenvalue weighted by atomic mass is 35.5. The first kappa shape index (κ1) is 14.3. The van der Waals surface area contributed by atoms with Gasteiger partial charge in [0.05, 0.1) is 5.84 Å². The molecule has 0 aliphatic heterocycles. The van der Waals surface area contributed by atoms with Crippen LogP contribution in [0.1, 0.15) is 24.1 Å². The predicted octanol–water partition coefficient (Wildman–Crippen LogP) is 3.57. The molecule has 0 aliphatic rings. The third-order valence-electron chi connectivity index (χ3n) is 2.56. The van der Waals surface area contributed by atoms with Crippen LogP contribution in [0.3, 0.4) is 0 Å². The van der Waals surface area contributed by atoms with Crippen molar-refractivity contribution in [1.82, 2.24) is 0 Å². The summed E-state index contributed by atoms with van der Waals surface area (Å²) in [6.07, 6.45) is 0. The first-order valence-corrected chi connectivity index (χ1v) is 5.67. The van der Waals surface area contributed by atoms with Gasteiger partial charge >= 0.3 is 0 Å². The number of hydrogen-bond donors (Lipinski definition) is 1. The number of hydrogen-bond acceptors (Lipinski definition) is 1. The van der Waals surface area contributed by atoms with Gasteiger partial charge < -0.3 is 5.73 Å². The van der Waals surface area contributed by atoms with Crippen molar-refractivity contribution in [2.75, 3.05) is 0 Å². The van der Waals surface area contributed by atoms with Crippen LogP contribution in [-0.4, -0.2) is 5.84 Å². The lowest BCUT2D eigenvalue weighted by atomic mass is 9.99. The Kier molecular flexibility index (Phi) is 5.40. The third kappa shape index (κ3) is 3.60.